The van der Waals surface area contributed by atoms with Crippen LogP contribution in [0.15, 0.2) is 48.5 Å². The van der Waals surface area contributed by atoms with E-state index in [1.165, 1.54) is 12.1 Å². The molecule has 13 heteroatoms. The maximum Gasteiger partial charge on any atom is 0.534 e. The first-order valence-electron chi connectivity index (χ1n) is 10.1. The molecule has 182 valence electrons. The summed E-state index contributed by atoms with van der Waals surface area (Å²) >= 11 is 0. The van der Waals surface area contributed by atoms with Crippen LogP contribution in [0.1, 0.15) is 35.7 Å². The van der Waals surface area contributed by atoms with Crippen molar-refractivity contribution in [2.75, 3.05) is 13.2 Å². The molecule has 2 aliphatic rings. The highest BCUT2D eigenvalue weighted by atomic mass is 32.2. The molecule has 2 aromatic carbocycles. The Morgan fingerprint density at radius 2 is 1.82 bits per heavy atom. The Balaban J connectivity index is 1.77. The number of urea groups is 1. The van der Waals surface area contributed by atoms with Gasteiger partial charge >= 0.3 is 27.6 Å². The number of esters is 1. The van der Waals surface area contributed by atoms with E-state index in [9.17, 15) is 31.2 Å². The van der Waals surface area contributed by atoms with Crippen molar-refractivity contribution in [1.29, 1.82) is 0 Å². The van der Waals surface area contributed by atoms with Crippen molar-refractivity contribution in [2.24, 2.45) is 0 Å². The minimum Gasteiger partial charge on any atom is -0.464 e. The summed E-state index contributed by atoms with van der Waals surface area (Å²) in [5, 5.41) is 0.915. The molecule has 4 rings (SSSR count). The zero-order valence-electron chi connectivity index (χ0n) is 17.7. The van der Waals surface area contributed by atoms with Crippen LogP contribution in [0, 0.1) is 0 Å². The maximum atomic E-state index is 13.1. The van der Waals surface area contributed by atoms with Crippen LogP contribution in [-0.4, -0.2) is 49.0 Å². The number of hydrogen-bond donors (Lipinski definition) is 0. The summed E-state index contributed by atoms with van der Waals surface area (Å²) in [5.41, 5.74) is -4.96. The van der Waals surface area contributed by atoms with Crippen LogP contribution in [0.2, 0.25) is 0 Å². The summed E-state index contributed by atoms with van der Waals surface area (Å²) in [7, 11) is -6.01. The number of hydroxylamine groups is 2. The van der Waals surface area contributed by atoms with E-state index in [0.29, 0.717) is 5.56 Å². The summed E-state index contributed by atoms with van der Waals surface area (Å²) in [6.07, 6.45) is 0. The van der Waals surface area contributed by atoms with Crippen LogP contribution >= 0.6 is 0 Å². The smallest absolute Gasteiger partial charge is 0.464 e. The fourth-order valence-electron chi connectivity index (χ4n) is 3.92. The number of hydrogen-bond acceptors (Lipinski definition) is 7. The van der Waals surface area contributed by atoms with Gasteiger partial charge in [-0.2, -0.15) is 26.7 Å². The summed E-state index contributed by atoms with van der Waals surface area (Å²) in [4.78, 5) is 32.7. The van der Waals surface area contributed by atoms with E-state index in [-0.39, 0.29) is 30.9 Å². The number of carbonyl (C=O) groups excluding carboxylic acids is 2. The van der Waals surface area contributed by atoms with E-state index >= 15 is 0 Å². The lowest BCUT2D eigenvalue weighted by Gasteiger charge is -2.32. The van der Waals surface area contributed by atoms with Crippen LogP contribution in [-0.2, 0) is 31.1 Å². The Hall–Kier alpha value is -3.32. The standard InChI is InChI=1S/C21H19F3N2O7S/c1-2-31-19(27)18-14-9-6-10-16(33-34(29,30)21(22,23)24)17(14)15-11-25(18)20(28)26(15)32-12-13-7-4-3-5-8-13/h3-10,15,18H,2,11-12H2,1H3. The third kappa shape index (κ3) is 4.16. The van der Waals surface area contributed by atoms with Crippen molar-refractivity contribution >= 4 is 22.1 Å². The highest BCUT2D eigenvalue weighted by Gasteiger charge is 2.54. The Kier molecular flexibility index (Phi) is 6.16. The van der Waals surface area contributed by atoms with Gasteiger partial charge in [0.2, 0.25) is 0 Å². The number of amides is 2. The molecule has 9 nitrogen and oxygen atoms in total. The molecule has 2 amide bonds. The van der Waals surface area contributed by atoms with Crippen molar-refractivity contribution in [2.45, 2.75) is 31.1 Å². The first kappa shape index (κ1) is 23.8. The molecule has 0 aliphatic carbocycles. The van der Waals surface area contributed by atoms with Gasteiger partial charge in [-0.1, -0.05) is 42.5 Å². The molecule has 0 radical (unpaired) electrons. The lowest BCUT2D eigenvalue weighted by Crippen LogP contribution is -2.39. The highest BCUT2D eigenvalue weighted by molar-refractivity contribution is 7.88. The number of carbonyl (C=O) groups is 2. The van der Waals surface area contributed by atoms with Crippen LogP contribution in [0.4, 0.5) is 18.0 Å². The minimum absolute atomic E-state index is 0.0109. The Morgan fingerprint density at radius 1 is 1.12 bits per heavy atom. The molecular formula is C21H19F3N2O7S. The van der Waals surface area contributed by atoms with E-state index in [1.807, 2.05) is 0 Å². The average molecular weight is 500 g/mol. The van der Waals surface area contributed by atoms with Crippen molar-refractivity contribution in [1.82, 2.24) is 9.96 Å². The largest absolute Gasteiger partial charge is 0.534 e. The molecule has 2 atom stereocenters. The van der Waals surface area contributed by atoms with E-state index in [1.54, 1.807) is 37.3 Å². The number of ether oxygens (including phenoxy) is 1. The zero-order valence-corrected chi connectivity index (χ0v) is 18.5. The Bertz CT molecular complexity index is 1200. The van der Waals surface area contributed by atoms with Crippen molar-refractivity contribution in [3.8, 4) is 5.75 Å². The third-order valence-corrected chi connectivity index (χ3v) is 6.30. The van der Waals surface area contributed by atoms with E-state index in [4.69, 9.17) is 9.57 Å². The van der Waals surface area contributed by atoms with Crippen LogP contribution in [0.3, 0.4) is 0 Å². The fourth-order valence-corrected chi connectivity index (χ4v) is 4.40. The lowest BCUT2D eigenvalue weighted by molar-refractivity contribution is -0.149. The minimum atomic E-state index is -6.01. The molecule has 1 fully saturated rings. The second-order valence-electron chi connectivity index (χ2n) is 7.43. The monoisotopic (exact) mass is 500 g/mol. The molecule has 0 spiro atoms. The average Bonchev–Trinajstić information content (AvgIpc) is 3.04. The summed E-state index contributed by atoms with van der Waals surface area (Å²) in [5.74, 6) is -1.48. The number of fused-ring (bicyclic) bond motifs is 4. The van der Waals surface area contributed by atoms with Gasteiger partial charge in [0.1, 0.15) is 18.4 Å². The molecule has 2 aromatic rings. The van der Waals surface area contributed by atoms with Crippen molar-refractivity contribution in [3.05, 3.63) is 65.2 Å². The second kappa shape index (κ2) is 8.80. The normalized spacial score (nSPS) is 19.7. The van der Waals surface area contributed by atoms with E-state index in [0.717, 1.165) is 16.0 Å². The van der Waals surface area contributed by atoms with Crippen molar-refractivity contribution < 1.29 is 44.9 Å². The molecule has 2 heterocycles. The van der Waals surface area contributed by atoms with Gasteiger partial charge in [-0.15, -0.1) is 0 Å². The van der Waals surface area contributed by atoms with E-state index < -0.39 is 45.5 Å². The number of halogens is 3. The maximum absolute atomic E-state index is 13.1. The highest BCUT2D eigenvalue weighted by Crippen LogP contribution is 2.48. The Morgan fingerprint density at radius 3 is 2.47 bits per heavy atom. The van der Waals surface area contributed by atoms with Gasteiger partial charge in [-0.25, -0.2) is 9.59 Å². The third-order valence-electron chi connectivity index (χ3n) is 5.33. The predicted octanol–water partition coefficient (Wildman–Crippen LogP) is 3.44. The number of benzene rings is 2. The summed E-state index contributed by atoms with van der Waals surface area (Å²) < 4.78 is 72.0. The van der Waals surface area contributed by atoms with Crippen LogP contribution < -0.4 is 4.18 Å². The number of rotatable bonds is 7. The van der Waals surface area contributed by atoms with Gasteiger partial charge in [0.15, 0.2) is 6.04 Å². The molecule has 1 saturated heterocycles. The van der Waals surface area contributed by atoms with E-state index in [2.05, 4.69) is 4.18 Å². The Labute approximate surface area is 192 Å². The number of nitrogens with zero attached hydrogens (tertiary/aromatic N) is 2. The molecule has 0 saturated carbocycles. The molecule has 2 unspecified atom stereocenters. The zero-order chi connectivity index (χ0) is 24.7. The molecular weight excluding hydrogens is 481 g/mol. The van der Waals surface area contributed by atoms with Crippen LogP contribution in [0.25, 0.3) is 0 Å². The molecule has 0 aromatic heterocycles. The molecule has 2 bridgehead atoms. The predicted molar refractivity (Wildman–Crippen MR) is 109 cm³/mol. The SMILES string of the molecule is CCOC(=O)C1c2cccc(OS(=O)(=O)C(F)(F)F)c2C2CN1C(=O)N2OCc1ccccc1. The summed E-state index contributed by atoms with van der Waals surface area (Å²) in [6, 6.07) is 9.37. The van der Waals surface area contributed by atoms with Crippen LogP contribution in [0.5, 0.6) is 5.75 Å². The second-order valence-corrected chi connectivity index (χ2v) is 8.97. The summed E-state index contributed by atoms with van der Waals surface area (Å²) in [6.45, 7) is 1.33. The topological polar surface area (TPSA) is 102 Å². The van der Waals surface area contributed by atoms with Gasteiger partial charge in [-0.05, 0) is 24.1 Å². The first-order chi connectivity index (χ1) is 16.0. The molecule has 2 aliphatic heterocycles. The fraction of sp³-hybridized carbons (Fsp3) is 0.333. The van der Waals surface area contributed by atoms with Gasteiger partial charge in [0.05, 0.1) is 13.2 Å². The molecule has 0 N–H and O–H groups in total. The molecule has 34 heavy (non-hydrogen) atoms. The van der Waals surface area contributed by atoms with Crippen molar-refractivity contribution in [3.63, 3.8) is 0 Å². The van der Waals surface area contributed by atoms with Gasteiger partial charge < -0.3 is 13.8 Å². The lowest BCUT2D eigenvalue weighted by atomic mass is 9.90. The first-order valence-corrected chi connectivity index (χ1v) is 11.5. The van der Waals surface area contributed by atoms with Gasteiger partial charge in [0, 0.05) is 5.56 Å². The van der Waals surface area contributed by atoms with Gasteiger partial charge in [-0.3, -0.25) is 4.84 Å². The van der Waals surface area contributed by atoms with Gasteiger partial charge in [0.25, 0.3) is 0 Å². The number of alkyl halides is 3. The quantitative estimate of drug-likeness (QED) is 0.326.